The van der Waals surface area contributed by atoms with Crippen molar-refractivity contribution in [2.24, 2.45) is 0 Å². The van der Waals surface area contributed by atoms with Gasteiger partial charge in [0.1, 0.15) is 0 Å². The Kier molecular flexibility index (Phi) is 53.4. The zero-order valence-corrected chi connectivity index (χ0v) is 65.3. The van der Waals surface area contributed by atoms with Crippen LogP contribution in [0.3, 0.4) is 0 Å². The summed E-state index contributed by atoms with van der Waals surface area (Å²) in [5.41, 5.74) is 21.8. The lowest BCUT2D eigenvalue weighted by molar-refractivity contribution is 1.22. The second-order valence-corrected chi connectivity index (χ2v) is 21.9. The van der Waals surface area contributed by atoms with Gasteiger partial charge in [-0.1, -0.05) is 247 Å². The zero-order valence-electron chi connectivity index (χ0n) is 65.3. The Labute approximate surface area is 622 Å². The van der Waals surface area contributed by atoms with Crippen molar-refractivity contribution in [2.45, 2.75) is 224 Å². The molecule has 7 aromatic carbocycles. The third-order valence-electron chi connectivity index (χ3n) is 14.9. The molecule has 0 bridgehead atoms. The number of fused-ring (bicyclic) bond motifs is 7. The maximum atomic E-state index is 4.44. The fourth-order valence-electron chi connectivity index (χ4n) is 9.91. The molecule has 550 valence electrons. The molecule has 7 heterocycles. The fraction of sp³-hybridized carbons (Fsp3) is 0.337. The summed E-state index contributed by atoms with van der Waals surface area (Å²) in [6.45, 7) is 57.2. The first-order valence-corrected chi connectivity index (χ1v) is 35.6. The summed E-state index contributed by atoms with van der Waals surface area (Å²) in [5, 5.41) is 12.6. The lowest BCUT2D eigenvalue weighted by Gasteiger charge is -2.03. The van der Waals surface area contributed by atoms with E-state index in [1.165, 1.54) is 115 Å². The van der Waals surface area contributed by atoms with E-state index in [2.05, 4.69) is 257 Å². The first kappa shape index (κ1) is 98.8. The van der Waals surface area contributed by atoms with E-state index in [0.29, 0.717) is 0 Å². The highest BCUT2D eigenvalue weighted by molar-refractivity contribution is 5.89. The predicted octanol–water partition coefficient (Wildman–Crippen LogP) is 29.7. The number of hydrogen-bond donors (Lipinski definition) is 0. The number of aryl methyl sites for hydroxylation is 14. The van der Waals surface area contributed by atoms with Crippen molar-refractivity contribution in [2.75, 3.05) is 0 Å². The minimum Gasteiger partial charge on any atom is -0.264 e. The Balaban J connectivity index is -0.000000530. The number of nitrogens with zero attached hydrogens (tertiary/aromatic N) is 7. The molecule has 0 N–H and O–H groups in total. The molecule has 0 saturated carbocycles. The highest BCUT2D eigenvalue weighted by Crippen LogP contribution is 2.24. The van der Waals surface area contributed by atoms with E-state index in [1.54, 1.807) is 0 Å². The van der Waals surface area contributed by atoms with Gasteiger partial charge in [0, 0.05) is 98.2 Å². The van der Waals surface area contributed by atoms with Crippen LogP contribution in [0.2, 0.25) is 0 Å². The quantitative estimate of drug-likeness (QED) is 0.149. The molecular formula is C95H135N7. The molecule has 0 saturated heterocycles. The van der Waals surface area contributed by atoms with Gasteiger partial charge in [0.25, 0.3) is 0 Å². The van der Waals surface area contributed by atoms with Crippen LogP contribution in [-0.2, 0) is 0 Å². The summed E-state index contributed by atoms with van der Waals surface area (Å²) in [6.07, 6.45) is 13.1. The third-order valence-corrected chi connectivity index (χ3v) is 14.9. The number of hydrogen-bond acceptors (Lipinski definition) is 7. The van der Waals surface area contributed by atoms with Gasteiger partial charge in [-0.3, -0.25) is 34.9 Å². The van der Waals surface area contributed by atoms with E-state index in [0.717, 1.165) is 39.1 Å². The van der Waals surface area contributed by atoms with Crippen LogP contribution >= 0.6 is 0 Å². The van der Waals surface area contributed by atoms with Crippen molar-refractivity contribution < 1.29 is 0 Å². The fourth-order valence-corrected chi connectivity index (χ4v) is 9.91. The number of rotatable bonds is 0. The summed E-state index contributed by atoms with van der Waals surface area (Å²) >= 11 is 0. The van der Waals surface area contributed by atoms with Crippen LogP contribution in [0.1, 0.15) is 205 Å². The van der Waals surface area contributed by atoms with Gasteiger partial charge in [-0.2, -0.15) is 0 Å². The van der Waals surface area contributed by atoms with Crippen molar-refractivity contribution in [3.05, 3.63) is 292 Å². The Bertz CT molecular complexity index is 3760. The van der Waals surface area contributed by atoms with E-state index < -0.39 is 0 Å². The lowest BCUT2D eigenvalue weighted by Crippen LogP contribution is -1.84. The van der Waals surface area contributed by atoms with Gasteiger partial charge in [0.15, 0.2) is 0 Å². The molecule has 0 spiro atoms. The van der Waals surface area contributed by atoms with Gasteiger partial charge in [0.05, 0.1) is 22.1 Å². The van der Waals surface area contributed by atoms with Crippen molar-refractivity contribution in [1.29, 1.82) is 0 Å². The molecule has 0 amide bonds. The van der Waals surface area contributed by atoms with Crippen LogP contribution < -0.4 is 0 Å². The van der Waals surface area contributed by atoms with Crippen LogP contribution in [0.5, 0.6) is 0 Å². The van der Waals surface area contributed by atoms with Gasteiger partial charge >= 0.3 is 0 Å². The standard InChI is InChI=1S/7C11H11N.7C2H6.4CH4/c2*1-8-3-5-10-6-4-9(2)12-11(10)7-8;1-8-3-4-10-7-12-9(2)6-11(10)5-8;2*1-8-3-4-9(2)11-7-12-6-5-10(8)11;2*1-8-5-6-9(2)11-10(8)4-3-7-12-11;7*1-2;;;;/h7*3-7H,1-2H3;7*1-2H3;4*1H4. The van der Waals surface area contributed by atoms with Gasteiger partial charge in [0.2, 0.25) is 0 Å². The van der Waals surface area contributed by atoms with Gasteiger partial charge in [-0.05, 0) is 223 Å². The second kappa shape index (κ2) is 55.1. The number of benzene rings is 7. The van der Waals surface area contributed by atoms with Gasteiger partial charge < -0.3 is 0 Å². The SMILES string of the molecule is C.C.C.C.CC.CC.CC.CC.CC.CC.CC.Cc1ccc(C)c2cnccc12.Cc1ccc(C)c2cnccc12.Cc1ccc(C)c2ncccc12.Cc1ccc(C)c2ncccc12.Cc1ccc2ccc(C)nc2c1.Cc1ccc2ccc(C)nc2c1.Cc1ccc2cnc(C)cc2c1. The summed E-state index contributed by atoms with van der Waals surface area (Å²) in [5.74, 6) is 0. The molecule has 0 atom stereocenters. The molecule has 0 aliphatic rings. The van der Waals surface area contributed by atoms with E-state index in [1.807, 2.05) is 185 Å². The molecule has 0 unspecified atom stereocenters. The first-order chi connectivity index (χ1) is 47.4. The second-order valence-electron chi connectivity index (χ2n) is 21.9. The topological polar surface area (TPSA) is 90.2 Å². The van der Waals surface area contributed by atoms with Crippen LogP contribution in [0.15, 0.2) is 213 Å². The molecule has 102 heavy (non-hydrogen) atoms. The Morgan fingerprint density at radius 1 is 0.216 bits per heavy atom. The minimum absolute atomic E-state index is 0. The largest absolute Gasteiger partial charge is 0.264 e. The summed E-state index contributed by atoms with van der Waals surface area (Å²) in [7, 11) is 0. The highest BCUT2D eigenvalue weighted by Gasteiger charge is 2.03. The lowest BCUT2D eigenvalue weighted by atomic mass is 10.0. The normalized spacial score (nSPS) is 9.06. The molecule has 0 radical (unpaired) electrons. The van der Waals surface area contributed by atoms with Gasteiger partial charge in [-0.25, -0.2) is 0 Å². The van der Waals surface area contributed by atoms with Gasteiger partial charge in [-0.15, -0.1) is 0 Å². The van der Waals surface area contributed by atoms with E-state index in [-0.39, 0.29) is 29.7 Å². The molecule has 0 aliphatic heterocycles. The average Bonchev–Trinajstić information content (AvgIpc) is 0.841. The number of aromatic nitrogens is 7. The Morgan fingerprint density at radius 3 is 0.863 bits per heavy atom. The first-order valence-electron chi connectivity index (χ1n) is 35.6. The highest BCUT2D eigenvalue weighted by atomic mass is 14.7. The molecule has 7 heteroatoms. The van der Waals surface area contributed by atoms with Crippen LogP contribution in [-0.4, -0.2) is 34.9 Å². The monoisotopic (exact) mass is 1370 g/mol. The Hall–Kier alpha value is -9.59. The summed E-state index contributed by atoms with van der Waals surface area (Å²) < 4.78 is 0. The van der Waals surface area contributed by atoms with E-state index in [9.17, 15) is 0 Å². The summed E-state index contributed by atoms with van der Waals surface area (Å²) in [4.78, 5) is 30.0. The Morgan fingerprint density at radius 2 is 0.520 bits per heavy atom. The van der Waals surface area contributed by atoms with Crippen molar-refractivity contribution in [3.8, 4) is 0 Å². The smallest absolute Gasteiger partial charge is 0.0733 e. The molecule has 7 nitrogen and oxygen atoms in total. The maximum Gasteiger partial charge on any atom is 0.0733 e. The van der Waals surface area contributed by atoms with Crippen LogP contribution in [0, 0.1) is 96.9 Å². The molecule has 14 rings (SSSR count). The summed E-state index contributed by atoms with van der Waals surface area (Å²) in [6, 6.07) is 58.9. The molecular weight excluding hydrogens is 1240 g/mol. The maximum absolute atomic E-state index is 4.44. The van der Waals surface area contributed by atoms with Crippen molar-refractivity contribution in [1.82, 2.24) is 34.9 Å². The molecule has 0 fully saturated rings. The van der Waals surface area contributed by atoms with Crippen molar-refractivity contribution in [3.63, 3.8) is 0 Å². The van der Waals surface area contributed by atoms with E-state index in [4.69, 9.17) is 0 Å². The van der Waals surface area contributed by atoms with Crippen molar-refractivity contribution >= 4 is 75.9 Å². The molecule has 7 aromatic heterocycles. The molecule has 14 aromatic rings. The van der Waals surface area contributed by atoms with Crippen LogP contribution in [0.25, 0.3) is 75.9 Å². The third kappa shape index (κ3) is 31.1. The van der Waals surface area contributed by atoms with Crippen LogP contribution in [0.4, 0.5) is 0 Å². The zero-order chi connectivity index (χ0) is 73.9. The minimum atomic E-state index is 0. The average molecular weight is 1380 g/mol. The van der Waals surface area contributed by atoms with E-state index >= 15 is 0 Å². The predicted molar refractivity (Wildman–Crippen MR) is 465 cm³/mol. The number of pyridine rings is 7. The molecule has 0 aliphatic carbocycles.